The Labute approximate surface area is 220 Å². The van der Waals surface area contributed by atoms with Gasteiger partial charge in [0, 0.05) is 19.1 Å². The molecule has 0 radical (unpaired) electrons. The summed E-state index contributed by atoms with van der Waals surface area (Å²) in [7, 11) is -2.60. The molecule has 0 fully saturated rings. The minimum atomic E-state index is -2.60. The van der Waals surface area contributed by atoms with Crippen LogP contribution in [0.4, 0.5) is 0 Å². The Hall–Kier alpha value is -1.25. The highest BCUT2D eigenvalue weighted by atomic mass is 127. The van der Waals surface area contributed by atoms with Crippen LogP contribution in [-0.2, 0) is 13.9 Å². The van der Waals surface area contributed by atoms with Crippen molar-refractivity contribution in [1.82, 2.24) is 0 Å². The zero-order valence-corrected chi connectivity index (χ0v) is 24.4. The third-order valence-corrected chi connectivity index (χ3v) is 12.5. The largest absolute Gasteiger partial charge is 0.406 e. The molecule has 2 aromatic rings. The van der Waals surface area contributed by atoms with E-state index >= 15 is 0 Å². The fourth-order valence-electron chi connectivity index (χ4n) is 4.94. The highest BCUT2D eigenvalue weighted by Crippen LogP contribution is 2.39. The van der Waals surface area contributed by atoms with Gasteiger partial charge in [0.25, 0.3) is 8.32 Å². The molecule has 3 atom stereocenters. The monoisotopic (exact) mass is 590 g/mol. The molecule has 0 aromatic heterocycles. The summed E-state index contributed by atoms with van der Waals surface area (Å²) in [5, 5.41) is 2.54. The molecule has 1 unspecified atom stereocenters. The van der Waals surface area contributed by atoms with Crippen LogP contribution in [0.2, 0.25) is 5.04 Å². The Morgan fingerprint density at radius 1 is 1.03 bits per heavy atom. The third kappa shape index (κ3) is 5.93. The summed E-state index contributed by atoms with van der Waals surface area (Å²) in [6, 6.07) is 21.6. The first-order valence-electron chi connectivity index (χ1n) is 12.2. The van der Waals surface area contributed by atoms with Crippen LogP contribution < -0.4 is 10.4 Å². The van der Waals surface area contributed by atoms with E-state index in [1.165, 1.54) is 15.9 Å². The SMILES string of the molecule is C=C1[C@@H](CO[Si](c2ccccc2)(c2ccccc2)C(C)(C)C)C(C)=CC[C@@H]1OC(CI)OCC. The van der Waals surface area contributed by atoms with Crippen molar-refractivity contribution in [3.63, 3.8) is 0 Å². The standard InChI is InChI=1S/C29H39IO3Si/c1-7-31-28(20-30)33-27-19-18-22(2)26(23(27)3)21-32-34(29(4,5)6,24-14-10-8-11-15-24)25-16-12-9-13-17-25/h8-18,26-28H,3,7,19-21H2,1-2,4-6H3/t26-,27-,28?/m0/s1. The molecule has 5 heteroatoms. The van der Waals surface area contributed by atoms with Gasteiger partial charge in [0.05, 0.1) is 10.5 Å². The fourth-order valence-corrected chi connectivity index (χ4v) is 9.98. The predicted octanol–water partition coefficient (Wildman–Crippen LogP) is 6.27. The molecule has 0 saturated heterocycles. The van der Waals surface area contributed by atoms with Crippen LogP contribution >= 0.6 is 22.6 Å². The maximum Gasteiger partial charge on any atom is 0.261 e. The van der Waals surface area contributed by atoms with Crippen molar-refractivity contribution in [3.8, 4) is 0 Å². The van der Waals surface area contributed by atoms with Gasteiger partial charge in [-0.05, 0) is 41.3 Å². The highest BCUT2D eigenvalue weighted by molar-refractivity contribution is 14.1. The first-order valence-corrected chi connectivity index (χ1v) is 15.6. The van der Waals surface area contributed by atoms with Crippen molar-refractivity contribution >= 4 is 41.3 Å². The van der Waals surface area contributed by atoms with E-state index in [1.54, 1.807) is 0 Å². The molecule has 0 spiro atoms. The van der Waals surface area contributed by atoms with Gasteiger partial charge in [0.1, 0.15) is 0 Å². The first kappa shape index (κ1) is 27.3. The molecule has 2 aromatic carbocycles. The van der Waals surface area contributed by atoms with E-state index in [0.717, 1.165) is 16.4 Å². The van der Waals surface area contributed by atoms with Crippen LogP contribution in [0.5, 0.6) is 0 Å². The summed E-state index contributed by atoms with van der Waals surface area (Å²) >= 11 is 2.32. The van der Waals surface area contributed by atoms with Crippen molar-refractivity contribution in [2.45, 2.75) is 58.5 Å². The number of alkyl halides is 1. The summed E-state index contributed by atoms with van der Waals surface area (Å²) in [4.78, 5) is 0. The molecule has 34 heavy (non-hydrogen) atoms. The van der Waals surface area contributed by atoms with Crippen LogP contribution in [0.25, 0.3) is 0 Å². The third-order valence-electron chi connectivity index (χ3n) is 6.74. The molecule has 1 aliphatic rings. The van der Waals surface area contributed by atoms with Gasteiger partial charge in [-0.1, -0.05) is 122 Å². The van der Waals surface area contributed by atoms with Gasteiger partial charge in [-0.2, -0.15) is 0 Å². The zero-order valence-electron chi connectivity index (χ0n) is 21.2. The van der Waals surface area contributed by atoms with Crippen molar-refractivity contribution in [3.05, 3.63) is 84.5 Å². The van der Waals surface area contributed by atoms with Gasteiger partial charge in [-0.15, -0.1) is 0 Å². The number of benzene rings is 2. The van der Waals surface area contributed by atoms with Crippen LogP contribution in [0.1, 0.15) is 41.0 Å². The molecule has 0 amide bonds. The minimum Gasteiger partial charge on any atom is -0.406 e. The second kappa shape index (κ2) is 12.1. The van der Waals surface area contributed by atoms with Crippen molar-refractivity contribution < 1.29 is 13.9 Å². The maximum atomic E-state index is 7.22. The number of halogens is 1. The van der Waals surface area contributed by atoms with Crippen LogP contribution in [0.3, 0.4) is 0 Å². The van der Waals surface area contributed by atoms with E-state index in [9.17, 15) is 0 Å². The Morgan fingerprint density at radius 3 is 2.06 bits per heavy atom. The molecule has 0 aliphatic heterocycles. The molecule has 0 saturated carbocycles. The molecule has 184 valence electrons. The second-order valence-electron chi connectivity index (χ2n) is 9.95. The Bertz CT molecular complexity index is 913. The van der Waals surface area contributed by atoms with E-state index in [1.807, 2.05) is 6.92 Å². The number of hydrogen-bond donors (Lipinski definition) is 0. The molecular formula is C29H39IO3Si. The van der Waals surface area contributed by atoms with E-state index in [4.69, 9.17) is 13.9 Å². The lowest BCUT2D eigenvalue weighted by Crippen LogP contribution is -2.67. The zero-order chi connectivity index (χ0) is 24.8. The van der Waals surface area contributed by atoms with Crippen LogP contribution in [-0.4, -0.2) is 38.4 Å². The lowest BCUT2D eigenvalue weighted by molar-refractivity contribution is -0.145. The van der Waals surface area contributed by atoms with E-state index < -0.39 is 8.32 Å². The number of rotatable bonds is 10. The summed E-state index contributed by atoms with van der Waals surface area (Å²) in [5.41, 5.74) is 2.40. The lowest BCUT2D eigenvalue weighted by Gasteiger charge is -2.44. The van der Waals surface area contributed by atoms with E-state index in [2.05, 4.69) is 124 Å². The Balaban J connectivity index is 1.94. The molecule has 3 rings (SSSR count). The van der Waals surface area contributed by atoms with Gasteiger partial charge in [0.2, 0.25) is 0 Å². The summed E-state index contributed by atoms with van der Waals surface area (Å²) < 4.78 is 20.1. The van der Waals surface area contributed by atoms with Crippen molar-refractivity contribution in [2.75, 3.05) is 17.6 Å². The predicted molar refractivity (Wildman–Crippen MR) is 154 cm³/mol. The van der Waals surface area contributed by atoms with Gasteiger partial charge in [-0.25, -0.2) is 0 Å². The Morgan fingerprint density at radius 2 is 1.59 bits per heavy atom. The maximum absolute atomic E-state index is 7.22. The fraction of sp³-hybridized carbons (Fsp3) is 0.448. The number of hydrogen-bond acceptors (Lipinski definition) is 3. The van der Waals surface area contributed by atoms with Gasteiger partial charge in [0.15, 0.2) is 6.29 Å². The van der Waals surface area contributed by atoms with Gasteiger partial charge < -0.3 is 13.9 Å². The molecule has 0 N–H and O–H groups in total. The topological polar surface area (TPSA) is 27.7 Å². The highest BCUT2D eigenvalue weighted by Gasteiger charge is 2.50. The first-order chi connectivity index (χ1) is 16.2. The average Bonchev–Trinajstić information content (AvgIpc) is 2.83. The molecule has 0 bridgehead atoms. The van der Waals surface area contributed by atoms with Crippen molar-refractivity contribution in [2.24, 2.45) is 5.92 Å². The smallest absolute Gasteiger partial charge is 0.261 e. The van der Waals surface area contributed by atoms with E-state index in [-0.39, 0.29) is 23.4 Å². The van der Waals surface area contributed by atoms with E-state index in [0.29, 0.717) is 13.2 Å². The molecule has 1 aliphatic carbocycles. The molecule has 3 nitrogen and oxygen atoms in total. The quantitative estimate of drug-likeness (QED) is 0.107. The van der Waals surface area contributed by atoms with Gasteiger partial charge >= 0.3 is 0 Å². The summed E-state index contributed by atoms with van der Waals surface area (Å²) in [6.45, 7) is 16.9. The minimum absolute atomic E-state index is 0.0530. The van der Waals surface area contributed by atoms with Crippen LogP contribution in [0, 0.1) is 5.92 Å². The van der Waals surface area contributed by atoms with Crippen molar-refractivity contribution in [1.29, 1.82) is 0 Å². The second-order valence-corrected chi connectivity index (χ2v) is 15.1. The van der Waals surface area contributed by atoms with Gasteiger partial charge in [-0.3, -0.25) is 0 Å². The molecule has 0 heterocycles. The Kier molecular flexibility index (Phi) is 9.75. The molecular weight excluding hydrogens is 551 g/mol. The number of ether oxygens (including phenoxy) is 2. The summed E-state index contributed by atoms with van der Waals surface area (Å²) in [5.74, 6) is 0.122. The van der Waals surface area contributed by atoms with Crippen LogP contribution in [0.15, 0.2) is 84.5 Å². The normalized spacial score (nSPS) is 20.2. The lowest BCUT2D eigenvalue weighted by atomic mass is 9.83. The summed E-state index contributed by atoms with van der Waals surface area (Å²) in [6.07, 6.45) is 2.86. The average molecular weight is 591 g/mol.